The Morgan fingerprint density at radius 2 is 1.45 bits per heavy atom. The van der Waals surface area contributed by atoms with Crippen LogP contribution in [-0.4, -0.2) is 60.9 Å². The van der Waals surface area contributed by atoms with Gasteiger partial charge >= 0.3 is 0 Å². The molecule has 162 valence electrons. The number of piperazine rings is 1. The number of benzene rings is 2. The highest BCUT2D eigenvalue weighted by Crippen LogP contribution is 2.38. The van der Waals surface area contributed by atoms with Crippen LogP contribution in [0.25, 0.3) is 0 Å². The first-order chi connectivity index (χ1) is 15.0. The summed E-state index contributed by atoms with van der Waals surface area (Å²) in [5, 5.41) is 0. The topological polar surface area (TPSA) is 43.9 Å². The molecule has 4 rings (SSSR count). The van der Waals surface area contributed by atoms with Gasteiger partial charge in [-0.25, -0.2) is 4.39 Å². The van der Waals surface area contributed by atoms with Crippen molar-refractivity contribution in [3.8, 4) is 0 Å². The fourth-order valence-corrected chi connectivity index (χ4v) is 4.74. The predicted molar refractivity (Wildman–Crippen MR) is 119 cm³/mol. The molecule has 2 fully saturated rings. The summed E-state index contributed by atoms with van der Waals surface area (Å²) in [7, 11) is 0. The van der Waals surface area contributed by atoms with Crippen molar-refractivity contribution in [3.63, 3.8) is 0 Å². The van der Waals surface area contributed by atoms with Gasteiger partial charge in [0.15, 0.2) is 0 Å². The van der Waals surface area contributed by atoms with Crippen LogP contribution in [0.5, 0.6) is 0 Å². The van der Waals surface area contributed by atoms with Crippen molar-refractivity contribution in [2.45, 2.75) is 18.3 Å². The molecule has 2 heterocycles. The van der Waals surface area contributed by atoms with Crippen molar-refractivity contribution < 1.29 is 14.0 Å². The second-order valence-corrected chi connectivity index (χ2v) is 8.23. The smallest absolute Gasteiger partial charge is 0.245 e. The molecule has 0 spiro atoms. The number of hydrogen-bond acceptors (Lipinski definition) is 3. The molecular weight excluding hydrogens is 393 g/mol. The van der Waals surface area contributed by atoms with E-state index in [-0.39, 0.29) is 17.6 Å². The Labute approximate surface area is 182 Å². The maximum Gasteiger partial charge on any atom is 0.245 e. The van der Waals surface area contributed by atoms with Gasteiger partial charge in [0.1, 0.15) is 5.82 Å². The highest BCUT2D eigenvalue weighted by molar-refractivity contribution is 5.90. The van der Waals surface area contributed by atoms with E-state index >= 15 is 0 Å². The van der Waals surface area contributed by atoms with E-state index in [1.807, 2.05) is 35.2 Å². The zero-order chi connectivity index (χ0) is 21.8. The fourth-order valence-electron chi connectivity index (χ4n) is 4.74. The van der Waals surface area contributed by atoms with Gasteiger partial charge in [-0.3, -0.25) is 9.59 Å². The molecule has 0 aromatic heterocycles. The van der Waals surface area contributed by atoms with Gasteiger partial charge < -0.3 is 14.7 Å². The van der Waals surface area contributed by atoms with Gasteiger partial charge in [0, 0.05) is 45.0 Å². The maximum absolute atomic E-state index is 13.8. The van der Waals surface area contributed by atoms with E-state index in [1.54, 1.807) is 17.0 Å². The lowest BCUT2D eigenvalue weighted by molar-refractivity contribution is -0.142. The van der Waals surface area contributed by atoms with E-state index in [1.165, 1.54) is 18.2 Å². The monoisotopic (exact) mass is 421 g/mol. The number of amides is 2. The quantitative estimate of drug-likeness (QED) is 0.712. The third-order valence-electron chi connectivity index (χ3n) is 6.60. The maximum atomic E-state index is 13.8. The van der Waals surface area contributed by atoms with Crippen LogP contribution in [0.3, 0.4) is 0 Å². The zero-order valence-electron chi connectivity index (χ0n) is 17.7. The SMILES string of the molecule is C=CC(=O)N1CCC(C(=O)N2CCN(c3ccc(F)cc3)CC2)(c2ccccc2)CC1. The first-order valence-corrected chi connectivity index (χ1v) is 10.8. The summed E-state index contributed by atoms with van der Waals surface area (Å²) in [4.78, 5) is 31.8. The van der Waals surface area contributed by atoms with Crippen LogP contribution in [0.1, 0.15) is 18.4 Å². The zero-order valence-corrected chi connectivity index (χ0v) is 17.7. The van der Waals surface area contributed by atoms with Gasteiger partial charge in [-0.2, -0.15) is 0 Å². The van der Waals surface area contributed by atoms with Crippen LogP contribution < -0.4 is 4.90 Å². The van der Waals surface area contributed by atoms with Crippen molar-refractivity contribution in [3.05, 3.63) is 78.6 Å². The molecule has 0 aliphatic carbocycles. The lowest BCUT2D eigenvalue weighted by atomic mass is 9.71. The van der Waals surface area contributed by atoms with E-state index in [2.05, 4.69) is 11.5 Å². The molecule has 0 saturated carbocycles. The molecular formula is C25H28FN3O2. The lowest BCUT2D eigenvalue weighted by Gasteiger charge is -2.45. The number of hydrogen-bond donors (Lipinski definition) is 0. The first-order valence-electron chi connectivity index (χ1n) is 10.8. The van der Waals surface area contributed by atoms with Crippen molar-refractivity contribution in [1.82, 2.24) is 9.80 Å². The summed E-state index contributed by atoms with van der Waals surface area (Å²) >= 11 is 0. The number of carbonyl (C=O) groups excluding carboxylic acids is 2. The predicted octanol–water partition coefficient (Wildman–Crippen LogP) is 3.22. The minimum Gasteiger partial charge on any atom is -0.368 e. The first kappa shape index (κ1) is 21.1. The van der Waals surface area contributed by atoms with Crippen LogP contribution in [0.15, 0.2) is 67.3 Å². The average molecular weight is 422 g/mol. The number of carbonyl (C=O) groups is 2. The molecule has 0 bridgehead atoms. The molecule has 2 aromatic rings. The van der Waals surface area contributed by atoms with Gasteiger partial charge in [0.05, 0.1) is 5.41 Å². The molecule has 0 unspecified atom stereocenters. The Bertz CT molecular complexity index is 929. The van der Waals surface area contributed by atoms with E-state index < -0.39 is 5.41 Å². The molecule has 5 nitrogen and oxygen atoms in total. The summed E-state index contributed by atoms with van der Waals surface area (Å²) in [6.45, 7) is 7.34. The molecule has 31 heavy (non-hydrogen) atoms. The molecule has 2 aliphatic heterocycles. The highest BCUT2D eigenvalue weighted by Gasteiger charge is 2.45. The summed E-state index contributed by atoms with van der Waals surface area (Å²) in [6, 6.07) is 16.4. The number of halogens is 1. The molecule has 2 aliphatic rings. The number of piperidine rings is 1. The normalized spacial score (nSPS) is 18.5. The van der Waals surface area contributed by atoms with Crippen LogP contribution in [0, 0.1) is 5.82 Å². The Morgan fingerprint density at radius 1 is 0.839 bits per heavy atom. The number of anilines is 1. The van der Waals surface area contributed by atoms with Gasteiger partial charge in [-0.15, -0.1) is 0 Å². The minimum absolute atomic E-state index is 0.0815. The average Bonchev–Trinajstić information content (AvgIpc) is 2.84. The Balaban J connectivity index is 1.50. The van der Waals surface area contributed by atoms with Gasteiger partial charge in [-0.05, 0) is 48.7 Å². The summed E-state index contributed by atoms with van der Waals surface area (Å²) < 4.78 is 13.2. The molecule has 2 amide bonds. The molecule has 0 radical (unpaired) electrons. The molecule has 0 atom stereocenters. The van der Waals surface area contributed by atoms with E-state index in [0.29, 0.717) is 52.1 Å². The Morgan fingerprint density at radius 3 is 2.03 bits per heavy atom. The molecule has 0 N–H and O–H groups in total. The van der Waals surface area contributed by atoms with E-state index in [4.69, 9.17) is 0 Å². The molecule has 6 heteroatoms. The fraction of sp³-hybridized carbons (Fsp3) is 0.360. The largest absolute Gasteiger partial charge is 0.368 e. The Hall–Kier alpha value is -3.15. The van der Waals surface area contributed by atoms with Crippen LogP contribution in [0.4, 0.5) is 10.1 Å². The second-order valence-electron chi connectivity index (χ2n) is 8.23. The van der Waals surface area contributed by atoms with Crippen molar-refractivity contribution in [2.24, 2.45) is 0 Å². The second kappa shape index (κ2) is 8.92. The third kappa shape index (κ3) is 4.20. The molecule has 2 aromatic carbocycles. The van der Waals surface area contributed by atoms with Crippen molar-refractivity contribution >= 4 is 17.5 Å². The van der Waals surface area contributed by atoms with Gasteiger partial charge in [0.2, 0.25) is 11.8 Å². The van der Waals surface area contributed by atoms with Crippen LogP contribution in [0.2, 0.25) is 0 Å². The summed E-state index contributed by atoms with van der Waals surface area (Å²) in [5.41, 5.74) is 1.38. The number of rotatable bonds is 4. The number of nitrogens with zero attached hydrogens (tertiary/aromatic N) is 3. The Kier molecular flexibility index (Phi) is 6.07. The van der Waals surface area contributed by atoms with E-state index in [0.717, 1.165) is 11.3 Å². The standard InChI is InChI=1S/C25H28FN3O2/c1-2-23(30)28-14-12-25(13-15-28,20-6-4-3-5-7-20)24(31)29-18-16-27(17-19-29)22-10-8-21(26)9-11-22/h2-11H,1,12-19H2. The summed E-state index contributed by atoms with van der Waals surface area (Å²) in [6.07, 6.45) is 2.55. The van der Waals surface area contributed by atoms with E-state index in [9.17, 15) is 14.0 Å². The van der Waals surface area contributed by atoms with Crippen molar-refractivity contribution in [1.29, 1.82) is 0 Å². The van der Waals surface area contributed by atoms with Crippen molar-refractivity contribution in [2.75, 3.05) is 44.2 Å². The molecule has 2 saturated heterocycles. The van der Waals surface area contributed by atoms with Gasteiger partial charge in [0.25, 0.3) is 0 Å². The lowest BCUT2D eigenvalue weighted by Crippen LogP contribution is -2.57. The number of likely N-dealkylation sites (tertiary alicyclic amines) is 1. The summed E-state index contributed by atoms with van der Waals surface area (Å²) in [5.74, 6) is -0.186. The highest BCUT2D eigenvalue weighted by atomic mass is 19.1. The van der Waals surface area contributed by atoms with Crippen LogP contribution in [-0.2, 0) is 15.0 Å². The minimum atomic E-state index is -0.614. The van der Waals surface area contributed by atoms with Gasteiger partial charge in [-0.1, -0.05) is 36.9 Å². The van der Waals surface area contributed by atoms with Crippen LogP contribution >= 0.6 is 0 Å². The third-order valence-corrected chi connectivity index (χ3v) is 6.60.